The molecule has 1 saturated heterocycles. The first-order valence-electron chi connectivity index (χ1n) is 5.53. The number of nitrogens with two attached hydrogens (primary N) is 1. The predicted molar refractivity (Wildman–Crippen MR) is 62.1 cm³/mol. The molecule has 96 valence electrons. The molecule has 1 aliphatic heterocycles. The van der Waals surface area contributed by atoms with Gasteiger partial charge in [-0.3, -0.25) is 0 Å². The summed E-state index contributed by atoms with van der Waals surface area (Å²) in [5, 5.41) is 0. The lowest BCUT2D eigenvalue weighted by Gasteiger charge is -2.21. The first kappa shape index (κ1) is 13.9. The van der Waals surface area contributed by atoms with Crippen molar-refractivity contribution in [2.45, 2.75) is 24.8 Å². The molecular weight excluding hydrogens is 230 g/mol. The molecular formula is C10H21NO4S. The molecule has 1 fully saturated rings. The number of sulfone groups is 1. The van der Waals surface area contributed by atoms with Crippen molar-refractivity contribution >= 4 is 9.84 Å². The van der Waals surface area contributed by atoms with E-state index in [0.29, 0.717) is 32.7 Å². The molecule has 1 heterocycles. The van der Waals surface area contributed by atoms with Crippen LogP contribution in [0.1, 0.15) is 19.3 Å². The third-order valence-corrected chi connectivity index (χ3v) is 4.64. The summed E-state index contributed by atoms with van der Waals surface area (Å²) in [5.41, 5.74) is 5.42. The van der Waals surface area contributed by atoms with Crippen molar-refractivity contribution in [2.24, 2.45) is 5.73 Å². The molecule has 2 N–H and O–H groups in total. The molecule has 0 aromatic rings. The third kappa shape index (κ3) is 4.78. The molecule has 0 saturated carbocycles. The zero-order valence-corrected chi connectivity index (χ0v) is 10.6. The van der Waals surface area contributed by atoms with Crippen LogP contribution in [0.3, 0.4) is 0 Å². The summed E-state index contributed by atoms with van der Waals surface area (Å²) in [6.45, 7) is 1.84. The zero-order chi connectivity index (χ0) is 12.1. The van der Waals surface area contributed by atoms with E-state index in [1.54, 1.807) is 7.11 Å². The van der Waals surface area contributed by atoms with Crippen LogP contribution in [0.5, 0.6) is 0 Å². The van der Waals surface area contributed by atoms with E-state index in [-0.39, 0.29) is 11.5 Å². The Morgan fingerprint density at radius 3 is 2.62 bits per heavy atom. The standard InChI is InChI=1S/C10H21NO4S/c1-14-5-2-6-15-7-3-10(11)4-8-16(12,13)9-10/h2-9,11H2,1H3. The van der Waals surface area contributed by atoms with Crippen LogP contribution in [0.2, 0.25) is 0 Å². The lowest BCUT2D eigenvalue weighted by molar-refractivity contribution is 0.0923. The Balaban J connectivity index is 2.13. The van der Waals surface area contributed by atoms with Gasteiger partial charge in [-0.15, -0.1) is 0 Å². The zero-order valence-electron chi connectivity index (χ0n) is 9.78. The highest BCUT2D eigenvalue weighted by molar-refractivity contribution is 7.91. The average molecular weight is 251 g/mol. The van der Waals surface area contributed by atoms with Crippen LogP contribution in [0, 0.1) is 0 Å². The maximum absolute atomic E-state index is 11.3. The van der Waals surface area contributed by atoms with Crippen molar-refractivity contribution in [3.8, 4) is 0 Å². The van der Waals surface area contributed by atoms with Gasteiger partial charge in [-0.1, -0.05) is 0 Å². The van der Waals surface area contributed by atoms with Crippen LogP contribution in [0.25, 0.3) is 0 Å². The fourth-order valence-corrected chi connectivity index (χ4v) is 3.85. The fraction of sp³-hybridized carbons (Fsp3) is 1.00. The third-order valence-electron chi connectivity index (χ3n) is 2.80. The molecule has 0 amide bonds. The fourth-order valence-electron chi connectivity index (χ4n) is 1.82. The molecule has 16 heavy (non-hydrogen) atoms. The topological polar surface area (TPSA) is 78.6 Å². The van der Waals surface area contributed by atoms with Gasteiger partial charge in [-0.05, 0) is 19.3 Å². The lowest BCUT2D eigenvalue weighted by atomic mass is 9.97. The SMILES string of the molecule is COCCCOCCC1(N)CCS(=O)(=O)C1. The minimum atomic E-state index is -2.91. The van der Waals surface area contributed by atoms with Crippen LogP contribution in [0.4, 0.5) is 0 Å². The Bertz CT molecular complexity index is 304. The molecule has 1 aliphatic rings. The van der Waals surface area contributed by atoms with Crippen LogP contribution < -0.4 is 5.73 Å². The molecule has 1 atom stereocenters. The van der Waals surface area contributed by atoms with Gasteiger partial charge in [0.05, 0.1) is 11.5 Å². The van der Waals surface area contributed by atoms with Crippen molar-refractivity contribution in [1.82, 2.24) is 0 Å². The number of ether oxygens (including phenoxy) is 2. The monoisotopic (exact) mass is 251 g/mol. The molecule has 0 aromatic heterocycles. The highest BCUT2D eigenvalue weighted by atomic mass is 32.2. The predicted octanol–water partition coefficient (Wildman–Crippen LogP) is -0.0544. The van der Waals surface area contributed by atoms with Gasteiger partial charge in [0.2, 0.25) is 0 Å². The lowest BCUT2D eigenvalue weighted by Crippen LogP contribution is -2.42. The minimum Gasteiger partial charge on any atom is -0.385 e. The maximum Gasteiger partial charge on any atom is 0.152 e. The number of methoxy groups -OCH3 is 1. The van der Waals surface area contributed by atoms with E-state index in [2.05, 4.69) is 0 Å². The number of hydrogen-bond acceptors (Lipinski definition) is 5. The molecule has 0 aliphatic carbocycles. The van der Waals surface area contributed by atoms with E-state index in [9.17, 15) is 8.42 Å². The summed E-state index contributed by atoms with van der Waals surface area (Å²) in [6.07, 6.45) is 2.02. The molecule has 6 heteroatoms. The summed E-state index contributed by atoms with van der Waals surface area (Å²) in [7, 11) is -1.25. The van der Waals surface area contributed by atoms with Crippen molar-refractivity contribution in [3.05, 3.63) is 0 Å². The molecule has 0 aromatic carbocycles. The van der Waals surface area contributed by atoms with Gasteiger partial charge >= 0.3 is 0 Å². The molecule has 1 rings (SSSR count). The van der Waals surface area contributed by atoms with E-state index in [0.717, 1.165) is 6.42 Å². The molecule has 1 unspecified atom stereocenters. The largest absolute Gasteiger partial charge is 0.385 e. The summed E-state index contributed by atoms with van der Waals surface area (Å²) >= 11 is 0. The highest BCUT2D eigenvalue weighted by Crippen LogP contribution is 2.23. The Kier molecular flexibility index (Phi) is 5.17. The molecule has 5 nitrogen and oxygen atoms in total. The average Bonchev–Trinajstić information content (AvgIpc) is 2.47. The Morgan fingerprint density at radius 2 is 2.06 bits per heavy atom. The molecule has 0 spiro atoms. The molecule has 0 radical (unpaired) electrons. The van der Waals surface area contributed by atoms with Crippen LogP contribution in [-0.2, 0) is 19.3 Å². The number of hydrogen-bond donors (Lipinski definition) is 1. The summed E-state index contributed by atoms with van der Waals surface area (Å²) in [4.78, 5) is 0. The second-order valence-corrected chi connectivity index (χ2v) is 6.60. The van der Waals surface area contributed by atoms with Crippen LogP contribution in [0.15, 0.2) is 0 Å². The number of rotatable bonds is 7. The van der Waals surface area contributed by atoms with Crippen molar-refractivity contribution in [1.29, 1.82) is 0 Å². The minimum absolute atomic E-state index is 0.0986. The van der Waals surface area contributed by atoms with Gasteiger partial charge in [-0.2, -0.15) is 0 Å². The molecule has 0 bridgehead atoms. The Labute approximate surface area is 97.2 Å². The van der Waals surface area contributed by atoms with Crippen molar-refractivity contribution in [2.75, 3.05) is 38.4 Å². The first-order valence-corrected chi connectivity index (χ1v) is 7.36. The van der Waals surface area contributed by atoms with Gasteiger partial charge in [0.25, 0.3) is 0 Å². The maximum atomic E-state index is 11.3. The van der Waals surface area contributed by atoms with Crippen molar-refractivity contribution in [3.63, 3.8) is 0 Å². The Hall–Kier alpha value is -0.170. The second-order valence-electron chi connectivity index (χ2n) is 4.41. The summed E-state index contributed by atoms with van der Waals surface area (Å²) in [5.74, 6) is 0.314. The van der Waals surface area contributed by atoms with Crippen LogP contribution in [-0.4, -0.2) is 52.4 Å². The van der Waals surface area contributed by atoms with Gasteiger partial charge in [0.15, 0.2) is 9.84 Å². The quantitative estimate of drug-likeness (QED) is 0.642. The van der Waals surface area contributed by atoms with Crippen LogP contribution >= 0.6 is 0 Å². The van der Waals surface area contributed by atoms with E-state index in [1.165, 1.54) is 0 Å². The van der Waals surface area contributed by atoms with Gasteiger partial charge in [-0.25, -0.2) is 8.42 Å². The van der Waals surface area contributed by atoms with E-state index >= 15 is 0 Å². The first-order chi connectivity index (χ1) is 7.47. The van der Waals surface area contributed by atoms with E-state index in [1.807, 2.05) is 0 Å². The van der Waals surface area contributed by atoms with E-state index < -0.39 is 15.4 Å². The van der Waals surface area contributed by atoms with E-state index in [4.69, 9.17) is 15.2 Å². The van der Waals surface area contributed by atoms with Gasteiger partial charge in [0, 0.05) is 32.5 Å². The van der Waals surface area contributed by atoms with Gasteiger partial charge in [0.1, 0.15) is 0 Å². The summed E-state index contributed by atoms with van der Waals surface area (Å²) < 4.78 is 32.8. The smallest absolute Gasteiger partial charge is 0.152 e. The van der Waals surface area contributed by atoms with Gasteiger partial charge < -0.3 is 15.2 Å². The summed E-state index contributed by atoms with van der Waals surface area (Å²) in [6, 6.07) is 0. The Morgan fingerprint density at radius 1 is 1.31 bits per heavy atom. The normalized spacial score (nSPS) is 28.4. The van der Waals surface area contributed by atoms with Crippen molar-refractivity contribution < 1.29 is 17.9 Å². The highest BCUT2D eigenvalue weighted by Gasteiger charge is 2.38. The second kappa shape index (κ2) is 5.95.